The first-order chi connectivity index (χ1) is 14.1. The fraction of sp³-hybridized carbons (Fsp3) is 0.478. The Labute approximate surface area is 202 Å². The number of aromatic nitrogens is 1. The molecule has 2 atom stereocenters. The monoisotopic (exact) mass is 482 g/mol. The number of aryl methyl sites for hydroxylation is 1. The van der Waals surface area contributed by atoms with Crippen LogP contribution in [0.1, 0.15) is 44.1 Å². The minimum atomic E-state index is -0.460. The second-order valence-corrected chi connectivity index (χ2v) is 8.62. The van der Waals surface area contributed by atoms with Crippen LogP contribution in [0.25, 0.3) is 16.6 Å². The van der Waals surface area contributed by atoms with Crippen LogP contribution in [-0.4, -0.2) is 45.5 Å². The number of carbonyl (C=O) groups excluding carboxylic acids is 1. The van der Waals surface area contributed by atoms with Gasteiger partial charge in [0.15, 0.2) is 0 Å². The minimum Gasteiger partial charge on any atom is -0.619 e. The summed E-state index contributed by atoms with van der Waals surface area (Å²) in [5.41, 5.74) is 7.99. The van der Waals surface area contributed by atoms with Crippen molar-refractivity contribution in [3.05, 3.63) is 53.5 Å². The number of rotatable bonds is 4. The van der Waals surface area contributed by atoms with Crippen molar-refractivity contribution in [2.75, 3.05) is 13.1 Å². The summed E-state index contributed by atoms with van der Waals surface area (Å²) < 4.78 is 13.7. The Morgan fingerprint density at radius 2 is 2.00 bits per heavy atom. The molecule has 3 aliphatic rings. The molecule has 155 valence electrons. The van der Waals surface area contributed by atoms with Gasteiger partial charge in [-0.3, -0.25) is 9.78 Å². The van der Waals surface area contributed by atoms with Gasteiger partial charge in [-0.15, -0.1) is 5.69 Å². The average Bonchev–Trinajstić information content (AvgIpc) is 3.27. The van der Waals surface area contributed by atoms with E-state index in [1.807, 2.05) is 30.0 Å². The first kappa shape index (κ1) is 21.9. The smallest absolute Gasteiger partial charge is 0.241 e. The Hall–Kier alpha value is -1.37. The molecule has 4 heterocycles. The predicted molar refractivity (Wildman–Crippen MR) is 110 cm³/mol. The van der Waals surface area contributed by atoms with Crippen molar-refractivity contribution in [1.82, 2.24) is 14.9 Å². The maximum absolute atomic E-state index is 13.7. The van der Waals surface area contributed by atoms with Gasteiger partial charge in [0.2, 0.25) is 5.91 Å². The molecule has 3 saturated heterocycles. The van der Waals surface area contributed by atoms with E-state index < -0.39 is 5.54 Å². The number of benzene rings is 1. The van der Waals surface area contributed by atoms with Crippen LogP contribution in [0, 0.1) is 12.7 Å². The van der Waals surface area contributed by atoms with Crippen molar-refractivity contribution in [3.63, 3.8) is 0 Å². The van der Waals surface area contributed by atoms with Crippen LogP contribution in [0.5, 0.6) is 0 Å². The molecule has 30 heavy (non-hydrogen) atoms. The number of carbonyl (C=O) groups is 1. The number of amides is 1. The standard InChI is InChI=1S/C23H26FN4O.Y/c1-16-6-7-19(12-21(16)17-11-18(24)15-25-14-17)26-28-20-5-4-8-23(28,13-20)22(29)27-9-2-3-10-27;/h6-7,11-12,14-15,20H,2-5,8-10,13H2,1H3;/q-1;. The van der Waals surface area contributed by atoms with Crippen molar-refractivity contribution >= 4 is 11.6 Å². The molecular formula is C23H26FN4OY-. The van der Waals surface area contributed by atoms with E-state index in [4.69, 9.17) is 5.43 Å². The van der Waals surface area contributed by atoms with E-state index in [0.717, 1.165) is 74.0 Å². The number of piperidine rings is 1. The molecule has 2 unspecified atom stereocenters. The van der Waals surface area contributed by atoms with E-state index in [0.29, 0.717) is 6.04 Å². The number of fused-ring (bicyclic) bond motifs is 2. The number of nitrogens with zero attached hydrogens (tertiary/aromatic N) is 4. The molecule has 3 aliphatic heterocycles. The Morgan fingerprint density at radius 3 is 2.73 bits per heavy atom. The van der Waals surface area contributed by atoms with Crippen LogP contribution in [-0.2, 0) is 37.5 Å². The summed E-state index contributed by atoms with van der Waals surface area (Å²) in [6.45, 7) is 3.75. The fourth-order valence-corrected chi connectivity index (χ4v) is 5.23. The second-order valence-electron chi connectivity index (χ2n) is 8.62. The molecule has 2 bridgehead atoms. The van der Waals surface area contributed by atoms with Crippen LogP contribution in [0.15, 0.2) is 36.7 Å². The summed E-state index contributed by atoms with van der Waals surface area (Å²) in [5.74, 6) is -0.0898. The Balaban J connectivity index is 0.00000218. The number of pyridine rings is 1. The SMILES string of the molecule is Cc1ccc([N-]N2C3CCCC2(C(=O)N2CCCC2)C3)cc1-c1cncc(F)c1.[Y]. The third-order valence-corrected chi connectivity index (χ3v) is 6.74. The number of likely N-dealkylation sites (tertiary alicyclic amines) is 1. The third-order valence-electron chi connectivity index (χ3n) is 6.74. The minimum absolute atomic E-state index is 0. The fourth-order valence-electron chi connectivity index (χ4n) is 5.23. The molecule has 0 spiro atoms. The zero-order valence-electron chi connectivity index (χ0n) is 17.4. The van der Waals surface area contributed by atoms with Gasteiger partial charge in [-0.05, 0) is 68.7 Å². The number of hydrogen-bond acceptors (Lipinski definition) is 3. The van der Waals surface area contributed by atoms with Crippen LogP contribution >= 0.6 is 0 Å². The first-order valence-electron chi connectivity index (χ1n) is 10.6. The van der Waals surface area contributed by atoms with E-state index in [1.54, 1.807) is 6.20 Å². The van der Waals surface area contributed by atoms with Gasteiger partial charge in [-0.2, -0.15) is 0 Å². The zero-order chi connectivity index (χ0) is 20.0. The number of hydrogen-bond donors (Lipinski definition) is 0. The summed E-state index contributed by atoms with van der Waals surface area (Å²) in [7, 11) is 0. The molecule has 1 amide bonds. The van der Waals surface area contributed by atoms with Gasteiger partial charge in [0.1, 0.15) is 5.82 Å². The molecule has 7 heteroatoms. The Bertz CT molecular complexity index is 945. The summed E-state index contributed by atoms with van der Waals surface area (Å²) in [4.78, 5) is 19.3. The maximum Gasteiger partial charge on any atom is 0.241 e. The van der Waals surface area contributed by atoms with Gasteiger partial charge in [0.25, 0.3) is 0 Å². The molecule has 1 aromatic carbocycles. The largest absolute Gasteiger partial charge is 0.619 e. The van der Waals surface area contributed by atoms with E-state index >= 15 is 0 Å². The van der Waals surface area contributed by atoms with Crippen LogP contribution in [0.2, 0.25) is 0 Å². The van der Waals surface area contributed by atoms with E-state index in [9.17, 15) is 9.18 Å². The molecular weight excluding hydrogens is 456 g/mol. The molecule has 2 aromatic rings. The molecule has 0 aliphatic carbocycles. The Kier molecular flexibility index (Phi) is 6.29. The quantitative estimate of drug-likeness (QED) is 0.633. The Morgan fingerprint density at radius 1 is 1.20 bits per heavy atom. The summed E-state index contributed by atoms with van der Waals surface area (Å²) >= 11 is 0. The van der Waals surface area contributed by atoms with Gasteiger partial charge in [-0.25, -0.2) is 4.39 Å². The van der Waals surface area contributed by atoms with Crippen LogP contribution in [0.4, 0.5) is 10.1 Å². The maximum atomic E-state index is 13.7. The van der Waals surface area contributed by atoms with Crippen molar-refractivity contribution in [1.29, 1.82) is 0 Å². The van der Waals surface area contributed by atoms with Gasteiger partial charge >= 0.3 is 0 Å². The van der Waals surface area contributed by atoms with Gasteiger partial charge < -0.3 is 15.3 Å². The van der Waals surface area contributed by atoms with Crippen LogP contribution < -0.4 is 0 Å². The summed E-state index contributed by atoms with van der Waals surface area (Å²) in [5, 5.41) is 2.08. The summed E-state index contributed by atoms with van der Waals surface area (Å²) in [6, 6.07) is 7.80. The molecule has 5 nitrogen and oxygen atoms in total. The van der Waals surface area contributed by atoms with Crippen molar-refractivity contribution < 1.29 is 41.9 Å². The normalized spacial score (nSPS) is 25.4. The zero-order valence-corrected chi connectivity index (χ0v) is 20.2. The van der Waals surface area contributed by atoms with Gasteiger partial charge in [-0.1, -0.05) is 18.2 Å². The molecule has 1 radical (unpaired) electrons. The van der Waals surface area contributed by atoms with Crippen molar-refractivity contribution in [3.8, 4) is 11.1 Å². The molecule has 5 rings (SSSR count). The molecule has 0 saturated carbocycles. The van der Waals surface area contributed by atoms with E-state index in [1.165, 1.54) is 12.3 Å². The number of halogens is 1. The molecule has 0 N–H and O–H groups in total. The van der Waals surface area contributed by atoms with Crippen molar-refractivity contribution in [2.24, 2.45) is 0 Å². The third kappa shape index (κ3) is 3.72. The first-order valence-corrected chi connectivity index (χ1v) is 10.6. The van der Waals surface area contributed by atoms with E-state index in [2.05, 4.69) is 9.99 Å². The van der Waals surface area contributed by atoms with E-state index in [-0.39, 0.29) is 44.4 Å². The second kappa shape index (κ2) is 8.64. The summed E-state index contributed by atoms with van der Waals surface area (Å²) in [6.07, 6.45) is 9.06. The van der Waals surface area contributed by atoms with Crippen molar-refractivity contribution in [2.45, 2.75) is 57.0 Å². The average molecular weight is 482 g/mol. The van der Waals surface area contributed by atoms with Crippen LogP contribution in [0.3, 0.4) is 0 Å². The predicted octanol–water partition coefficient (Wildman–Crippen LogP) is 4.73. The van der Waals surface area contributed by atoms with Gasteiger partial charge in [0.05, 0.1) is 11.7 Å². The van der Waals surface area contributed by atoms with Gasteiger partial charge in [0, 0.05) is 57.6 Å². The molecule has 1 aromatic heterocycles. The topological polar surface area (TPSA) is 50.5 Å². The molecule has 3 fully saturated rings.